The summed E-state index contributed by atoms with van der Waals surface area (Å²) < 4.78 is 31.0. The number of imidazole rings is 1. The molecule has 5 N–H and O–H groups in total. The van der Waals surface area contributed by atoms with Gasteiger partial charge < -0.3 is 21.5 Å². The quantitative estimate of drug-likeness (QED) is 0.379. The van der Waals surface area contributed by atoms with E-state index in [9.17, 15) is 18.7 Å². The number of aromatic nitrogens is 4. The van der Waals surface area contributed by atoms with Gasteiger partial charge in [-0.05, 0) is 50.7 Å². The Labute approximate surface area is 211 Å². The van der Waals surface area contributed by atoms with Crippen LogP contribution in [0.2, 0.25) is 5.02 Å². The van der Waals surface area contributed by atoms with Crippen LogP contribution in [0.3, 0.4) is 0 Å². The first kappa shape index (κ1) is 24.6. The molecule has 0 bridgehead atoms. The van der Waals surface area contributed by atoms with Crippen molar-refractivity contribution in [2.24, 2.45) is 11.7 Å². The molecule has 192 valence electrons. The molecule has 3 aromatic rings. The lowest BCUT2D eigenvalue weighted by Gasteiger charge is -2.29. The Morgan fingerprint density at radius 1 is 1.08 bits per heavy atom. The monoisotopic (exact) mass is 519 g/mol. The number of primary amides is 1. The van der Waals surface area contributed by atoms with Crippen LogP contribution in [0.4, 0.5) is 26.4 Å². The molecule has 36 heavy (non-hydrogen) atoms. The normalized spacial score (nSPS) is 24.6. The number of aliphatic hydroxyl groups is 1. The third-order valence-electron chi connectivity index (χ3n) is 7.18. The Morgan fingerprint density at radius 3 is 2.44 bits per heavy atom. The third-order valence-corrected chi connectivity index (χ3v) is 7.40. The molecule has 2 atom stereocenters. The molecule has 0 unspecified atom stereocenters. The minimum atomic E-state index is -0.851. The minimum Gasteiger partial charge on any atom is -0.391 e. The highest BCUT2D eigenvalue weighted by atomic mass is 35.5. The van der Waals surface area contributed by atoms with Crippen molar-refractivity contribution in [3.63, 3.8) is 0 Å². The Balaban J connectivity index is 1.53. The third kappa shape index (κ3) is 4.94. The molecular formula is C24H28ClF2N7O2. The fraction of sp³-hybridized carbons (Fsp3) is 0.500. The molecule has 0 aliphatic heterocycles. The summed E-state index contributed by atoms with van der Waals surface area (Å²) in [6.45, 7) is 0. The second-order valence-electron chi connectivity index (χ2n) is 9.59. The van der Waals surface area contributed by atoms with Crippen LogP contribution in [0.25, 0.3) is 11.2 Å². The fourth-order valence-electron chi connectivity index (χ4n) is 5.23. The highest BCUT2D eigenvalue weighted by Gasteiger charge is 2.30. The van der Waals surface area contributed by atoms with E-state index in [1.165, 1.54) is 0 Å². The lowest BCUT2D eigenvalue weighted by atomic mass is 9.85. The van der Waals surface area contributed by atoms with E-state index in [-0.39, 0.29) is 40.6 Å². The second kappa shape index (κ2) is 10.1. The number of carbonyl (C=O) groups is 1. The van der Waals surface area contributed by atoms with E-state index in [0.29, 0.717) is 49.2 Å². The van der Waals surface area contributed by atoms with E-state index < -0.39 is 17.7 Å². The maximum absolute atomic E-state index is 14.6. The van der Waals surface area contributed by atoms with Gasteiger partial charge >= 0.3 is 0 Å². The smallest absolute Gasteiger partial charge is 0.225 e. The first-order chi connectivity index (χ1) is 17.3. The molecule has 12 heteroatoms. The summed E-state index contributed by atoms with van der Waals surface area (Å²) in [5.74, 6) is -1.69. The number of halogens is 3. The zero-order valence-corrected chi connectivity index (χ0v) is 20.3. The highest BCUT2D eigenvalue weighted by molar-refractivity contribution is 6.30. The average Bonchev–Trinajstić information content (AvgIpc) is 3.20. The number of rotatable bonds is 6. The van der Waals surface area contributed by atoms with Gasteiger partial charge in [-0.2, -0.15) is 4.98 Å². The van der Waals surface area contributed by atoms with Crippen LogP contribution < -0.4 is 16.4 Å². The van der Waals surface area contributed by atoms with Crippen molar-refractivity contribution in [3.05, 3.63) is 35.0 Å². The van der Waals surface area contributed by atoms with Crippen LogP contribution in [0.15, 0.2) is 18.3 Å². The predicted octanol–water partition coefficient (Wildman–Crippen LogP) is 4.43. The number of hydrogen-bond donors (Lipinski definition) is 4. The minimum absolute atomic E-state index is 0.0553. The van der Waals surface area contributed by atoms with Crippen LogP contribution in [0.5, 0.6) is 0 Å². The maximum atomic E-state index is 14.6. The number of benzene rings is 1. The molecule has 0 saturated heterocycles. The van der Waals surface area contributed by atoms with E-state index in [0.717, 1.165) is 31.4 Å². The summed E-state index contributed by atoms with van der Waals surface area (Å²) >= 11 is 5.78. The summed E-state index contributed by atoms with van der Waals surface area (Å²) in [5, 5.41) is 16.3. The molecule has 2 fully saturated rings. The number of nitrogens with zero attached hydrogens (tertiary/aromatic N) is 4. The van der Waals surface area contributed by atoms with E-state index in [2.05, 4.69) is 25.6 Å². The Bertz CT molecular complexity index is 1260. The molecule has 9 nitrogen and oxygen atoms in total. The van der Waals surface area contributed by atoms with Crippen molar-refractivity contribution in [1.82, 2.24) is 19.5 Å². The Hall–Kier alpha value is -3.05. The number of hydrogen-bond acceptors (Lipinski definition) is 7. The predicted molar refractivity (Wildman–Crippen MR) is 132 cm³/mol. The van der Waals surface area contributed by atoms with Gasteiger partial charge in [0.15, 0.2) is 17.3 Å². The number of anilines is 3. The summed E-state index contributed by atoms with van der Waals surface area (Å²) in [5.41, 5.74) is 6.06. The van der Waals surface area contributed by atoms with Gasteiger partial charge in [0.2, 0.25) is 17.8 Å². The first-order valence-electron chi connectivity index (χ1n) is 12.2. The molecule has 2 aromatic heterocycles. The number of nitrogens with one attached hydrogen (secondary N) is 2. The molecule has 0 spiro atoms. The van der Waals surface area contributed by atoms with Crippen LogP contribution in [0, 0.1) is 17.6 Å². The lowest BCUT2D eigenvalue weighted by molar-refractivity contribution is -0.122. The molecule has 2 aliphatic carbocycles. The van der Waals surface area contributed by atoms with Gasteiger partial charge in [0.25, 0.3) is 0 Å². The fourth-order valence-corrected chi connectivity index (χ4v) is 5.42. The topological polar surface area (TPSA) is 131 Å². The highest BCUT2D eigenvalue weighted by Crippen LogP contribution is 2.38. The number of amides is 1. The zero-order valence-electron chi connectivity index (χ0n) is 19.6. The van der Waals surface area contributed by atoms with Gasteiger partial charge in [-0.1, -0.05) is 24.4 Å². The molecule has 5 rings (SSSR count). The summed E-state index contributed by atoms with van der Waals surface area (Å²) in [6, 6.07) is 1.76. The van der Waals surface area contributed by atoms with Crippen LogP contribution in [-0.4, -0.2) is 42.7 Å². The molecule has 1 aromatic carbocycles. The molecule has 2 heterocycles. The van der Waals surface area contributed by atoms with Crippen LogP contribution >= 0.6 is 11.6 Å². The maximum Gasteiger partial charge on any atom is 0.225 e. The molecule has 1 amide bonds. The number of aliphatic hydroxyl groups excluding tert-OH is 1. The summed E-state index contributed by atoms with van der Waals surface area (Å²) in [6.07, 6.45) is 6.98. The summed E-state index contributed by atoms with van der Waals surface area (Å²) in [4.78, 5) is 25.3. The Kier molecular flexibility index (Phi) is 6.94. The van der Waals surface area contributed by atoms with E-state index in [1.807, 2.05) is 4.57 Å². The molecule has 2 aliphatic rings. The van der Waals surface area contributed by atoms with Gasteiger partial charge in [-0.3, -0.25) is 9.36 Å². The standard InChI is InChI=1S/C24H28ClF2N7O2/c25-13-9-15(26)20(16(27)10-13)32-24-31-18-11-29-23(30-17-3-1-2-4-19(17)35)33-22(18)34(24)14-7-5-12(6-8-14)21(28)36/h9-12,14,17,19,35H,1-8H2,(H2,28,36)(H,31,32)(H,29,30,33)/t12?,14?,17-,19+/m0/s1. The van der Waals surface area contributed by atoms with Gasteiger partial charge in [-0.15, -0.1) is 0 Å². The van der Waals surface area contributed by atoms with E-state index in [1.54, 1.807) is 6.20 Å². The zero-order chi connectivity index (χ0) is 25.4. The van der Waals surface area contributed by atoms with Crippen molar-refractivity contribution in [1.29, 1.82) is 0 Å². The van der Waals surface area contributed by atoms with Gasteiger partial charge in [-0.25, -0.2) is 18.7 Å². The number of nitrogens with two attached hydrogens (primary N) is 1. The molecule has 0 radical (unpaired) electrons. The number of carbonyl (C=O) groups excluding carboxylic acids is 1. The molecular weight excluding hydrogens is 492 g/mol. The summed E-state index contributed by atoms with van der Waals surface area (Å²) in [7, 11) is 0. The van der Waals surface area contributed by atoms with Gasteiger partial charge in [0, 0.05) is 17.0 Å². The number of fused-ring (bicyclic) bond motifs is 1. The first-order valence-corrected chi connectivity index (χ1v) is 12.6. The van der Waals surface area contributed by atoms with Gasteiger partial charge in [0.05, 0.1) is 18.3 Å². The lowest BCUT2D eigenvalue weighted by Crippen LogP contribution is -2.36. The average molecular weight is 520 g/mol. The van der Waals surface area contributed by atoms with Gasteiger partial charge in [0.1, 0.15) is 11.2 Å². The SMILES string of the molecule is NC(=O)C1CCC(n2c(Nc3c(F)cc(Cl)cc3F)nc3cnc(N[C@H]4CCCC[C@H]4O)nc32)CC1. The van der Waals surface area contributed by atoms with Crippen molar-refractivity contribution in [2.45, 2.75) is 69.6 Å². The van der Waals surface area contributed by atoms with E-state index in [4.69, 9.17) is 17.3 Å². The van der Waals surface area contributed by atoms with Crippen molar-refractivity contribution >= 4 is 46.3 Å². The van der Waals surface area contributed by atoms with Crippen molar-refractivity contribution < 1.29 is 18.7 Å². The Morgan fingerprint density at radius 2 is 1.78 bits per heavy atom. The van der Waals surface area contributed by atoms with Crippen molar-refractivity contribution in [3.8, 4) is 0 Å². The van der Waals surface area contributed by atoms with Crippen molar-refractivity contribution in [2.75, 3.05) is 10.6 Å². The molecule has 2 saturated carbocycles. The second-order valence-corrected chi connectivity index (χ2v) is 10.0. The largest absolute Gasteiger partial charge is 0.391 e. The van der Waals surface area contributed by atoms with E-state index >= 15 is 0 Å². The van der Waals surface area contributed by atoms with Crippen LogP contribution in [-0.2, 0) is 4.79 Å². The van der Waals surface area contributed by atoms with Crippen LogP contribution in [0.1, 0.15) is 57.4 Å².